The molecule has 1 saturated heterocycles. The summed E-state index contributed by atoms with van der Waals surface area (Å²) in [5.74, 6) is 0. The molecule has 1 aromatic heterocycles. The van der Waals surface area contributed by atoms with E-state index in [4.69, 9.17) is 0 Å². The topological polar surface area (TPSA) is 29.9 Å². The van der Waals surface area contributed by atoms with Gasteiger partial charge in [0.15, 0.2) is 0 Å². The van der Waals surface area contributed by atoms with Crippen molar-refractivity contribution in [2.75, 3.05) is 13.1 Å². The fraction of sp³-hybridized carbons (Fsp3) is 0.625. The summed E-state index contributed by atoms with van der Waals surface area (Å²) < 4.78 is 3.16. The first-order chi connectivity index (χ1) is 5.88. The summed E-state index contributed by atoms with van der Waals surface area (Å²) in [5, 5.41) is 7.62. The minimum Gasteiger partial charge on any atom is -0.317 e. The summed E-state index contributed by atoms with van der Waals surface area (Å²) in [6, 6.07) is 2.57. The van der Waals surface area contributed by atoms with Gasteiger partial charge in [-0.3, -0.25) is 4.68 Å². The Bertz CT molecular complexity index is 253. The molecule has 3 nitrogen and oxygen atoms in total. The molecule has 66 valence electrons. The van der Waals surface area contributed by atoms with Crippen molar-refractivity contribution in [1.29, 1.82) is 0 Å². The smallest absolute Gasteiger partial charge is 0.104 e. The number of nitrogens with zero attached hydrogens (tertiary/aromatic N) is 2. The molecule has 0 amide bonds. The maximum atomic E-state index is 4.28. The van der Waals surface area contributed by atoms with Crippen molar-refractivity contribution in [3.05, 3.63) is 16.9 Å². The van der Waals surface area contributed by atoms with Crippen LogP contribution in [0.15, 0.2) is 16.9 Å². The third-order valence-electron chi connectivity index (χ3n) is 2.28. The Balaban J connectivity index is 2.13. The second-order valence-corrected chi connectivity index (χ2v) is 3.89. The van der Waals surface area contributed by atoms with E-state index in [1.54, 1.807) is 0 Å². The molecule has 12 heavy (non-hydrogen) atoms. The highest BCUT2D eigenvalue weighted by Gasteiger charge is 2.16. The molecule has 2 rings (SSSR count). The van der Waals surface area contributed by atoms with Gasteiger partial charge in [0, 0.05) is 0 Å². The summed E-state index contributed by atoms with van der Waals surface area (Å²) in [6.07, 6.45) is 4.20. The van der Waals surface area contributed by atoms with Crippen molar-refractivity contribution in [2.45, 2.75) is 18.9 Å². The second-order valence-electron chi connectivity index (χ2n) is 3.08. The van der Waals surface area contributed by atoms with E-state index in [0.717, 1.165) is 17.7 Å². The minimum absolute atomic E-state index is 0.579. The van der Waals surface area contributed by atoms with E-state index < -0.39 is 0 Å². The van der Waals surface area contributed by atoms with Crippen LogP contribution in [0.3, 0.4) is 0 Å². The van der Waals surface area contributed by atoms with E-state index in [2.05, 4.69) is 31.0 Å². The van der Waals surface area contributed by atoms with Crippen LogP contribution in [0.1, 0.15) is 18.9 Å². The monoisotopic (exact) mass is 229 g/mol. The number of halogens is 1. The van der Waals surface area contributed by atoms with Crippen LogP contribution in [0.5, 0.6) is 0 Å². The van der Waals surface area contributed by atoms with E-state index in [0.29, 0.717) is 6.04 Å². The predicted octanol–water partition coefficient (Wildman–Crippen LogP) is 1.57. The van der Waals surface area contributed by atoms with Gasteiger partial charge in [-0.15, -0.1) is 0 Å². The third-order valence-corrected chi connectivity index (χ3v) is 2.90. The van der Waals surface area contributed by atoms with Crippen molar-refractivity contribution in [1.82, 2.24) is 15.1 Å². The number of rotatable bonds is 1. The Morgan fingerprint density at radius 1 is 1.50 bits per heavy atom. The quantitative estimate of drug-likeness (QED) is 0.793. The molecule has 1 aromatic rings. The largest absolute Gasteiger partial charge is 0.317 e. The zero-order valence-electron chi connectivity index (χ0n) is 6.83. The Morgan fingerprint density at radius 2 is 2.25 bits per heavy atom. The van der Waals surface area contributed by atoms with Gasteiger partial charge in [0.05, 0.1) is 12.2 Å². The van der Waals surface area contributed by atoms with Crippen molar-refractivity contribution in [2.24, 2.45) is 0 Å². The lowest BCUT2D eigenvalue weighted by molar-refractivity contribution is 0.338. The number of aromatic nitrogens is 2. The van der Waals surface area contributed by atoms with E-state index >= 15 is 0 Å². The molecule has 4 heteroatoms. The molecule has 1 aliphatic heterocycles. The standard InChI is InChI=1S/C8H12BrN3/c9-8-3-6-11-12(8)7-1-4-10-5-2-7/h3,6-7,10H,1-2,4-5H2. The highest BCUT2D eigenvalue weighted by Crippen LogP contribution is 2.22. The molecular weight excluding hydrogens is 218 g/mol. The molecular formula is C8H12BrN3. The summed E-state index contributed by atoms with van der Waals surface area (Å²) in [6.45, 7) is 2.22. The van der Waals surface area contributed by atoms with Crippen LogP contribution >= 0.6 is 15.9 Å². The average molecular weight is 230 g/mol. The van der Waals surface area contributed by atoms with Crippen LogP contribution in [-0.4, -0.2) is 22.9 Å². The zero-order valence-corrected chi connectivity index (χ0v) is 8.42. The minimum atomic E-state index is 0.579. The third kappa shape index (κ3) is 1.54. The van der Waals surface area contributed by atoms with E-state index in [1.165, 1.54) is 12.8 Å². The molecule has 2 heterocycles. The highest BCUT2D eigenvalue weighted by atomic mass is 79.9. The van der Waals surface area contributed by atoms with Crippen LogP contribution in [0.2, 0.25) is 0 Å². The SMILES string of the molecule is Brc1ccnn1C1CCNCC1. The Hall–Kier alpha value is -0.350. The molecule has 0 spiro atoms. The van der Waals surface area contributed by atoms with Crippen LogP contribution in [0.25, 0.3) is 0 Å². The van der Waals surface area contributed by atoms with Crippen LogP contribution in [0.4, 0.5) is 0 Å². The van der Waals surface area contributed by atoms with Crippen molar-refractivity contribution < 1.29 is 0 Å². The summed E-state index contributed by atoms with van der Waals surface area (Å²) in [7, 11) is 0. The fourth-order valence-corrected chi connectivity index (χ4v) is 2.12. The lowest BCUT2D eigenvalue weighted by Crippen LogP contribution is -2.29. The first-order valence-corrected chi connectivity index (χ1v) is 5.07. The van der Waals surface area contributed by atoms with Gasteiger partial charge in [-0.2, -0.15) is 5.10 Å². The van der Waals surface area contributed by atoms with Crippen LogP contribution in [0, 0.1) is 0 Å². The van der Waals surface area contributed by atoms with Crippen molar-refractivity contribution in [3.8, 4) is 0 Å². The molecule has 1 N–H and O–H groups in total. The molecule has 0 radical (unpaired) electrons. The van der Waals surface area contributed by atoms with Gasteiger partial charge in [0.25, 0.3) is 0 Å². The summed E-state index contributed by atoms with van der Waals surface area (Å²) >= 11 is 3.48. The van der Waals surface area contributed by atoms with Gasteiger partial charge in [-0.05, 0) is 47.9 Å². The zero-order chi connectivity index (χ0) is 8.39. The van der Waals surface area contributed by atoms with Gasteiger partial charge in [0.1, 0.15) is 4.60 Å². The van der Waals surface area contributed by atoms with E-state index in [1.807, 2.05) is 12.3 Å². The molecule has 1 aliphatic rings. The van der Waals surface area contributed by atoms with Gasteiger partial charge < -0.3 is 5.32 Å². The normalized spacial score (nSPS) is 19.8. The van der Waals surface area contributed by atoms with Crippen LogP contribution < -0.4 is 5.32 Å². The molecule has 0 bridgehead atoms. The van der Waals surface area contributed by atoms with Crippen molar-refractivity contribution in [3.63, 3.8) is 0 Å². The van der Waals surface area contributed by atoms with Crippen molar-refractivity contribution >= 4 is 15.9 Å². The Labute approximate surface area is 80.3 Å². The fourth-order valence-electron chi connectivity index (χ4n) is 1.62. The average Bonchev–Trinajstić information content (AvgIpc) is 2.53. The Morgan fingerprint density at radius 3 is 2.83 bits per heavy atom. The predicted molar refractivity (Wildman–Crippen MR) is 51.1 cm³/mol. The maximum absolute atomic E-state index is 4.28. The van der Waals surface area contributed by atoms with Gasteiger partial charge in [0.2, 0.25) is 0 Å². The lowest BCUT2D eigenvalue weighted by atomic mass is 10.1. The van der Waals surface area contributed by atoms with E-state index in [9.17, 15) is 0 Å². The number of piperidine rings is 1. The molecule has 0 unspecified atom stereocenters. The van der Waals surface area contributed by atoms with Gasteiger partial charge in [-0.25, -0.2) is 0 Å². The Kier molecular flexibility index (Phi) is 2.46. The van der Waals surface area contributed by atoms with Gasteiger partial charge >= 0.3 is 0 Å². The first kappa shape index (κ1) is 8.26. The molecule has 0 aliphatic carbocycles. The van der Waals surface area contributed by atoms with Gasteiger partial charge in [-0.1, -0.05) is 0 Å². The highest BCUT2D eigenvalue weighted by molar-refractivity contribution is 9.10. The summed E-state index contributed by atoms with van der Waals surface area (Å²) in [5.41, 5.74) is 0. The molecule has 0 saturated carbocycles. The van der Waals surface area contributed by atoms with E-state index in [-0.39, 0.29) is 0 Å². The number of hydrogen-bond acceptors (Lipinski definition) is 2. The first-order valence-electron chi connectivity index (χ1n) is 4.27. The molecule has 0 atom stereocenters. The maximum Gasteiger partial charge on any atom is 0.104 e. The second kappa shape index (κ2) is 3.58. The lowest BCUT2D eigenvalue weighted by Gasteiger charge is -2.23. The molecule has 1 fully saturated rings. The number of nitrogens with one attached hydrogen (secondary N) is 1. The molecule has 0 aromatic carbocycles. The number of hydrogen-bond donors (Lipinski definition) is 1. The van der Waals surface area contributed by atoms with Crippen LogP contribution in [-0.2, 0) is 0 Å². The summed E-state index contributed by atoms with van der Waals surface area (Å²) in [4.78, 5) is 0.